The topological polar surface area (TPSA) is 83.7 Å². The minimum atomic E-state index is -1.22. The van der Waals surface area contributed by atoms with Crippen LogP contribution in [0, 0.1) is 5.92 Å². The molecule has 4 rings (SSSR count). The van der Waals surface area contributed by atoms with Crippen LogP contribution in [0.15, 0.2) is 36.8 Å². The molecule has 0 N–H and O–H groups in total. The van der Waals surface area contributed by atoms with Crippen molar-refractivity contribution in [2.24, 2.45) is 5.92 Å². The molecule has 6 nitrogen and oxygen atoms in total. The lowest BCUT2D eigenvalue weighted by Crippen LogP contribution is -2.22. The van der Waals surface area contributed by atoms with Gasteiger partial charge in [-0.3, -0.25) is 4.98 Å². The Hall–Kier alpha value is -2.76. The van der Waals surface area contributed by atoms with E-state index in [0.29, 0.717) is 22.6 Å². The third-order valence-electron chi connectivity index (χ3n) is 4.43. The Bertz CT molecular complexity index is 884. The monoisotopic (exact) mass is 307 g/mol. The molecule has 6 heteroatoms. The van der Waals surface area contributed by atoms with E-state index in [-0.39, 0.29) is 11.6 Å². The maximum absolute atomic E-state index is 11.5. The van der Waals surface area contributed by atoms with E-state index in [1.807, 2.05) is 10.7 Å². The second-order valence-electron chi connectivity index (χ2n) is 5.99. The number of fused-ring (bicyclic) bond motifs is 1. The number of pyridine rings is 2. The summed E-state index contributed by atoms with van der Waals surface area (Å²) in [6.45, 7) is 2.10. The lowest BCUT2D eigenvalue weighted by atomic mass is 10.1. The summed E-state index contributed by atoms with van der Waals surface area (Å²) in [5.41, 5.74) is 2.03. The lowest BCUT2D eigenvalue weighted by molar-refractivity contribution is -0.254. The summed E-state index contributed by atoms with van der Waals surface area (Å²) in [7, 11) is 0. The largest absolute Gasteiger partial charge is 0.545 e. The van der Waals surface area contributed by atoms with Gasteiger partial charge in [0, 0.05) is 28.9 Å². The van der Waals surface area contributed by atoms with Gasteiger partial charge in [-0.1, -0.05) is 0 Å². The van der Waals surface area contributed by atoms with Gasteiger partial charge < -0.3 is 9.90 Å². The zero-order valence-electron chi connectivity index (χ0n) is 12.6. The number of hydrogen-bond acceptors (Lipinski definition) is 5. The van der Waals surface area contributed by atoms with Crippen LogP contribution in [0.3, 0.4) is 0 Å². The molecule has 3 heterocycles. The summed E-state index contributed by atoms with van der Waals surface area (Å²) < 4.78 is 1.83. The number of hydrogen-bond donors (Lipinski definition) is 0. The van der Waals surface area contributed by atoms with Gasteiger partial charge in [-0.2, -0.15) is 5.10 Å². The maximum atomic E-state index is 11.5. The molecular weight excluding hydrogens is 292 g/mol. The first kappa shape index (κ1) is 13.9. The number of nitrogens with zero attached hydrogens (tertiary/aromatic N) is 4. The second kappa shape index (κ2) is 5.15. The first-order chi connectivity index (χ1) is 11.1. The second-order valence-corrected chi connectivity index (χ2v) is 5.99. The van der Waals surface area contributed by atoms with Gasteiger partial charge in [0.1, 0.15) is 0 Å². The van der Waals surface area contributed by atoms with Crippen LogP contribution in [0.4, 0.5) is 0 Å². The van der Waals surface area contributed by atoms with Crippen molar-refractivity contribution < 1.29 is 9.90 Å². The van der Waals surface area contributed by atoms with Crippen molar-refractivity contribution >= 4 is 17.0 Å². The van der Waals surface area contributed by atoms with Crippen molar-refractivity contribution in [2.75, 3.05) is 0 Å². The van der Waals surface area contributed by atoms with Crippen molar-refractivity contribution in [3.05, 3.63) is 42.4 Å². The molecule has 23 heavy (non-hydrogen) atoms. The highest BCUT2D eigenvalue weighted by atomic mass is 16.4. The Morgan fingerprint density at radius 3 is 2.87 bits per heavy atom. The third-order valence-corrected chi connectivity index (χ3v) is 4.43. The van der Waals surface area contributed by atoms with E-state index in [1.165, 1.54) is 18.9 Å². The van der Waals surface area contributed by atoms with E-state index in [9.17, 15) is 9.90 Å². The van der Waals surface area contributed by atoms with Crippen LogP contribution in [-0.4, -0.2) is 25.7 Å². The number of aromatic carboxylic acids is 1. The maximum Gasteiger partial charge on any atom is 0.159 e. The fourth-order valence-electron chi connectivity index (χ4n) is 2.93. The predicted octanol–water partition coefficient (Wildman–Crippen LogP) is 1.83. The van der Waals surface area contributed by atoms with E-state index < -0.39 is 5.97 Å². The van der Waals surface area contributed by atoms with Gasteiger partial charge in [0.25, 0.3) is 0 Å². The minimum absolute atomic E-state index is 0.114. The third kappa shape index (κ3) is 2.36. The van der Waals surface area contributed by atoms with E-state index in [4.69, 9.17) is 0 Å². The summed E-state index contributed by atoms with van der Waals surface area (Å²) in [6.07, 6.45) is 7.26. The van der Waals surface area contributed by atoms with Crippen molar-refractivity contribution in [3.63, 3.8) is 0 Å². The number of carboxylic acids is 1. The van der Waals surface area contributed by atoms with Gasteiger partial charge in [0.15, 0.2) is 5.65 Å². The quantitative estimate of drug-likeness (QED) is 0.734. The van der Waals surface area contributed by atoms with Crippen LogP contribution in [0.2, 0.25) is 0 Å². The number of rotatable bonds is 4. The molecule has 0 spiro atoms. The summed E-state index contributed by atoms with van der Waals surface area (Å²) in [4.78, 5) is 20.3. The molecule has 0 radical (unpaired) electrons. The van der Waals surface area contributed by atoms with Crippen molar-refractivity contribution in [3.8, 4) is 11.3 Å². The molecule has 1 saturated carbocycles. The average molecular weight is 307 g/mol. The molecule has 1 aliphatic rings. The van der Waals surface area contributed by atoms with Crippen molar-refractivity contribution in [1.82, 2.24) is 19.7 Å². The Balaban J connectivity index is 1.94. The Kier molecular flexibility index (Phi) is 3.11. The summed E-state index contributed by atoms with van der Waals surface area (Å²) in [5, 5.41) is 16.4. The van der Waals surface area contributed by atoms with Crippen LogP contribution >= 0.6 is 0 Å². The number of carboxylic acid groups (broad SMARTS) is 1. The number of carbonyl (C=O) groups is 1. The molecule has 116 valence electrons. The van der Waals surface area contributed by atoms with Gasteiger partial charge in [0.2, 0.25) is 0 Å². The van der Waals surface area contributed by atoms with Gasteiger partial charge in [0.05, 0.1) is 23.9 Å². The molecular formula is C17H15N4O2-. The molecule has 3 aromatic heterocycles. The Morgan fingerprint density at radius 1 is 1.39 bits per heavy atom. The van der Waals surface area contributed by atoms with E-state index >= 15 is 0 Å². The molecule has 0 bridgehead atoms. The van der Waals surface area contributed by atoms with Crippen LogP contribution in [0.25, 0.3) is 22.3 Å². The SMILES string of the molecule is C[C@@H](C1CC1)n1ncc2c(C(=O)[O-])cc(-c3cccnc3)nc21. The van der Waals surface area contributed by atoms with Gasteiger partial charge >= 0.3 is 0 Å². The van der Waals surface area contributed by atoms with Crippen LogP contribution < -0.4 is 5.11 Å². The fourth-order valence-corrected chi connectivity index (χ4v) is 2.93. The molecule has 0 unspecified atom stereocenters. The van der Waals surface area contributed by atoms with Gasteiger partial charge in [-0.15, -0.1) is 0 Å². The Morgan fingerprint density at radius 2 is 2.22 bits per heavy atom. The average Bonchev–Trinajstić information content (AvgIpc) is 3.33. The summed E-state index contributed by atoms with van der Waals surface area (Å²) in [5.74, 6) is -0.630. The molecule has 0 amide bonds. The highest BCUT2D eigenvalue weighted by Crippen LogP contribution is 2.40. The fraction of sp³-hybridized carbons (Fsp3) is 0.294. The summed E-state index contributed by atoms with van der Waals surface area (Å²) in [6, 6.07) is 5.39. The zero-order valence-corrected chi connectivity index (χ0v) is 12.6. The molecule has 1 fully saturated rings. The molecule has 0 aromatic carbocycles. The lowest BCUT2D eigenvalue weighted by Gasteiger charge is -2.13. The van der Waals surface area contributed by atoms with Gasteiger partial charge in [-0.05, 0) is 43.9 Å². The normalized spacial score (nSPS) is 15.7. The summed E-state index contributed by atoms with van der Waals surface area (Å²) >= 11 is 0. The van der Waals surface area contributed by atoms with E-state index in [0.717, 1.165) is 5.56 Å². The first-order valence-corrected chi connectivity index (χ1v) is 7.65. The van der Waals surface area contributed by atoms with E-state index in [1.54, 1.807) is 24.7 Å². The van der Waals surface area contributed by atoms with Crippen LogP contribution in [0.5, 0.6) is 0 Å². The first-order valence-electron chi connectivity index (χ1n) is 7.65. The minimum Gasteiger partial charge on any atom is -0.545 e. The van der Waals surface area contributed by atoms with Crippen molar-refractivity contribution in [1.29, 1.82) is 0 Å². The molecule has 3 aromatic rings. The standard InChI is InChI=1S/C17H16N4O2/c1-10(11-4-5-11)21-16-14(9-19-21)13(17(22)23)7-15(20-16)12-3-2-6-18-8-12/h2-3,6-11H,4-5H2,1H3,(H,22,23)/p-1/t10-/m0/s1. The molecule has 1 atom stereocenters. The zero-order chi connectivity index (χ0) is 16.0. The Labute approximate surface area is 132 Å². The predicted molar refractivity (Wildman–Crippen MR) is 82.5 cm³/mol. The smallest absolute Gasteiger partial charge is 0.159 e. The highest BCUT2D eigenvalue weighted by Gasteiger charge is 2.31. The highest BCUT2D eigenvalue weighted by molar-refractivity contribution is 6.01. The number of aromatic nitrogens is 4. The van der Waals surface area contributed by atoms with Gasteiger partial charge in [-0.25, -0.2) is 9.67 Å². The number of carbonyl (C=O) groups excluding carboxylic acids is 1. The molecule has 1 aliphatic carbocycles. The van der Waals surface area contributed by atoms with Crippen molar-refractivity contribution in [2.45, 2.75) is 25.8 Å². The molecule has 0 saturated heterocycles. The van der Waals surface area contributed by atoms with Crippen LogP contribution in [-0.2, 0) is 0 Å². The van der Waals surface area contributed by atoms with Crippen LogP contribution in [0.1, 0.15) is 36.2 Å². The van der Waals surface area contributed by atoms with E-state index in [2.05, 4.69) is 22.0 Å². The molecule has 0 aliphatic heterocycles.